The van der Waals surface area contributed by atoms with Crippen molar-refractivity contribution in [3.05, 3.63) is 75.6 Å². The number of carbonyl (C=O) groups excluding carboxylic acids is 1. The van der Waals surface area contributed by atoms with Crippen molar-refractivity contribution in [2.24, 2.45) is 0 Å². The van der Waals surface area contributed by atoms with E-state index in [-0.39, 0.29) is 12.4 Å². The highest BCUT2D eigenvalue weighted by molar-refractivity contribution is 7.13. The molecule has 0 unspecified atom stereocenters. The Kier molecular flexibility index (Phi) is 6.62. The van der Waals surface area contributed by atoms with Crippen LogP contribution >= 0.6 is 46.9 Å². The minimum Gasteiger partial charge on any atom is -0.384 e. The number of thiophene rings is 1. The van der Waals surface area contributed by atoms with Crippen LogP contribution in [0, 0.1) is 0 Å². The first-order valence-electron chi connectivity index (χ1n) is 9.61. The second-order valence-corrected chi connectivity index (χ2v) is 8.74. The van der Waals surface area contributed by atoms with Crippen LogP contribution in [-0.2, 0) is 6.42 Å². The van der Waals surface area contributed by atoms with E-state index in [1.807, 2.05) is 35.7 Å². The highest BCUT2D eigenvalue weighted by atomic mass is 35.5. The van der Waals surface area contributed by atoms with Gasteiger partial charge in [-0.15, -0.1) is 23.7 Å². The molecule has 0 saturated carbocycles. The molecule has 164 valence electrons. The summed E-state index contributed by atoms with van der Waals surface area (Å²) >= 11 is 13.8. The largest absolute Gasteiger partial charge is 0.384 e. The molecule has 0 aliphatic carbocycles. The van der Waals surface area contributed by atoms with Crippen LogP contribution in [0.3, 0.4) is 0 Å². The second-order valence-electron chi connectivity index (χ2n) is 7.00. The molecule has 3 heterocycles. The van der Waals surface area contributed by atoms with Crippen LogP contribution in [-0.4, -0.2) is 22.4 Å². The van der Waals surface area contributed by atoms with E-state index in [4.69, 9.17) is 28.3 Å². The summed E-state index contributed by atoms with van der Waals surface area (Å²) in [5, 5.41) is 16.4. The second kappa shape index (κ2) is 9.42. The molecule has 5 rings (SSSR count). The Labute approximate surface area is 205 Å². The molecule has 3 N–H and O–H groups in total. The van der Waals surface area contributed by atoms with Gasteiger partial charge in [0.25, 0.3) is 0 Å². The minimum absolute atomic E-state index is 0. The molecule has 0 radical (unpaired) electrons. The molecule has 32 heavy (non-hydrogen) atoms. The van der Waals surface area contributed by atoms with Crippen molar-refractivity contribution in [1.82, 2.24) is 9.78 Å². The maximum atomic E-state index is 12.7. The standard InChI is InChI=1S/C22H17Cl2N5OS.ClH/c23-15-3-1-4-17(21(15)24)26-22(30)27-20-12-18(19-5-2-10-31-19)28-29(20)14-6-7-16-13(11-14)8-9-25-16;/h1-7,10-12,25H,8-9H2,(H2,26,27,30);1H. The van der Waals surface area contributed by atoms with E-state index in [2.05, 4.69) is 22.0 Å². The number of nitrogens with one attached hydrogen (secondary N) is 3. The molecular weight excluding hydrogens is 489 g/mol. The van der Waals surface area contributed by atoms with Crippen molar-refractivity contribution in [1.29, 1.82) is 0 Å². The zero-order chi connectivity index (χ0) is 21.4. The van der Waals surface area contributed by atoms with E-state index in [1.165, 1.54) is 5.56 Å². The van der Waals surface area contributed by atoms with Crippen molar-refractivity contribution in [3.63, 3.8) is 0 Å². The first-order valence-corrected chi connectivity index (χ1v) is 11.3. The number of aromatic nitrogens is 2. The number of hydrogen-bond donors (Lipinski definition) is 3. The first-order chi connectivity index (χ1) is 15.1. The molecule has 0 atom stereocenters. The molecule has 0 spiro atoms. The summed E-state index contributed by atoms with van der Waals surface area (Å²) in [6.45, 7) is 0.923. The summed E-state index contributed by atoms with van der Waals surface area (Å²) in [7, 11) is 0. The SMILES string of the molecule is Cl.O=C(Nc1cccc(Cl)c1Cl)Nc1cc(-c2cccs2)nn1-c1ccc2c(c1)CCN2. The lowest BCUT2D eigenvalue weighted by molar-refractivity contribution is 0.262. The Hall–Kier alpha value is -2.71. The van der Waals surface area contributed by atoms with Gasteiger partial charge in [-0.2, -0.15) is 5.10 Å². The van der Waals surface area contributed by atoms with E-state index in [0.717, 1.165) is 34.9 Å². The molecule has 6 nitrogen and oxygen atoms in total. The number of carbonyl (C=O) groups is 1. The van der Waals surface area contributed by atoms with E-state index >= 15 is 0 Å². The summed E-state index contributed by atoms with van der Waals surface area (Å²) in [6, 6.07) is 16.6. The third-order valence-corrected chi connectivity index (χ3v) is 6.68. The van der Waals surface area contributed by atoms with Gasteiger partial charge in [0.2, 0.25) is 0 Å². The molecule has 2 amide bonds. The van der Waals surface area contributed by atoms with Gasteiger partial charge in [0.1, 0.15) is 11.5 Å². The molecule has 0 fully saturated rings. The minimum atomic E-state index is -0.439. The Balaban J connectivity index is 0.00000245. The van der Waals surface area contributed by atoms with Gasteiger partial charge in [0.05, 0.1) is 26.3 Å². The van der Waals surface area contributed by atoms with Gasteiger partial charge < -0.3 is 10.6 Å². The van der Waals surface area contributed by atoms with Crippen LogP contribution in [0.2, 0.25) is 10.0 Å². The molecule has 2 aromatic heterocycles. The first kappa shape index (κ1) is 22.5. The van der Waals surface area contributed by atoms with Crippen molar-refractivity contribution in [2.75, 3.05) is 22.5 Å². The summed E-state index contributed by atoms with van der Waals surface area (Å²) in [5.74, 6) is 0.546. The Bertz CT molecular complexity index is 1270. The summed E-state index contributed by atoms with van der Waals surface area (Å²) in [4.78, 5) is 13.8. The van der Waals surface area contributed by atoms with E-state index in [0.29, 0.717) is 21.6 Å². The van der Waals surface area contributed by atoms with Crippen LogP contribution in [0.15, 0.2) is 60.0 Å². The average Bonchev–Trinajstić information content (AvgIpc) is 3.51. The van der Waals surface area contributed by atoms with E-state index in [1.54, 1.807) is 34.2 Å². The summed E-state index contributed by atoms with van der Waals surface area (Å²) < 4.78 is 1.74. The van der Waals surface area contributed by atoms with Crippen molar-refractivity contribution in [3.8, 4) is 16.3 Å². The Morgan fingerprint density at radius 1 is 1.09 bits per heavy atom. The number of hydrogen-bond acceptors (Lipinski definition) is 4. The van der Waals surface area contributed by atoms with Gasteiger partial charge in [-0.1, -0.05) is 35.3 Å². The monoisotopic (exact) mass is 505 g/mol. The fraction of sp³-hybridized carbons (Fsp3) is 0.0909. The van der Waals surface area contributed by atoms with Gasteiger partial charge in [-0.25, -0.2) is 9.48 Å². The molecule has 4 aromatic rings. The van der Waals surface area contributed by atoms with Crippen molar-refractivity contribution >= 4 is 70.2 Å². The molecular formula is C22H18Cl3N5OS. The van der Waals surface area contributed by atoms with Crippen molar-refractivity contribution in [2.45, 2.75) is 6.42 Å². The third kappa shape index (κ3) is 4.42. The number of anilines is 3. The maximum Gasteiger partial charge on any atom is 0.324 e. The highest BCUT2D eigenvalue weighted by Gasteiger charge is 2.17. The van der Waals surface area contributed by atoms with Crippen LogP contribution in [0.4, 0.5) is 22.0 Å². The summed E-state index contributed by atoms with van der Waals surface area (Å²) in [5.41, 5.74) is 4.45. The van der Waals surface area contributed by atoms with Crippen molar-refractivity contribution < 1.29 is 4.79 Å². The molecule has 1 aliphatic rings. The van der Waals surface area contributed by atoms with E-state index in [9.17, 15) is 4.79 Å². The normalized spacial score (nSPS) is 11.9. The third-order valence-electron chi connectivity index (χ3n) is 4.97. The Morgan fingerprint density at radius 3 is 2.78 bits per heavy atom. The molecule has 0 bridgehead atoms. The predicted octanol–water partition coefficient (Wildman–Crippen LogP) is 6.94. The number of urea groups is 1. The number of rotatable bonds is 4. The molecule has 2 aromatic carbocycles. The van der Waals surface area contributed by atoms with Gasteiger partial charge >= 0.3 is 6.03 Å². The van der Waals surface area contributed by atoms with Gasteiger partial charge in [-0.05, 0) is 53.8 Å². The summed E-state index contributed by atoms with van der Waals surface area (Å²) in [6.07, 6.45) is 0.957. The van der Waals surface area contributed by atoms with Crippen LogP contribution in [0.5, 0.6) is 0 Å². The average molecular weight is 507 g/mol. The number of amides is 2. The van der Waals surface area contributed by atoms with Crippen LogP contribution in [0.25, 0.3) is 16.3 Å². The Morgan fingerprint density at radius 2 is 1.97 bits per heavy atom. The number of benzene rings is 2. The predicted molar refractivity (Wildman–Crippen MR) is 135 cm³/mol. The van der Waals surface area contributed by atoms with Crippen LogP contribution in [0.1, 0.15) is 5.56 Å². The molecule has 1 aliphatic heterocycles. The van der Waals surface area contributed by atoms with E-state index < -0.39 is 6.03 Å². The zero-order valence-electron chi connectivity index (χ0n) is 16.6. The molecule has 10 heteroatoms. The van der Waals surface area contributed by atoms with Gasteiger partial charge in [-0.3, -0.25) is 5.32 Å². The maximum absolute atomic E-state index is 12.7. The lowest BCUT2D eigenvalue weighted by atomic mass is 10.1. The lowest BCUT2D eigenvalue weighted by Gasteiger charge is -2.12. The zero-order valence-corrected chi connectivity index (χ0v) is 19.7. The topological polar surface area (TPSA) is 71.0 Å². The van der Waals surface area contributed by atoms with Gasteiger partial charge in [0.15, 0.2) is 0 Å². The smallest absolute Gasteiger partial charge is 0.324 e. The van der Waals surface area contributed by atoms with Gasteiger partial charge in [0, 0.05) is 18.3 Å². The quantitative estimate of drug-likeness (QED) is 0.281. The van der Waals surface area contributed by atoms with Crippen LogP contribution < -0.4 is 16.0 Å². The number of fused-ring (bicyclic) bond motifs is 1. The number of nitrogens with zero attached hydrogens (tertiary/aromatic N) is 2. The lowest BCUT2D eigenvalue weighted by Crippen LogP contribution is -2.21. The fourth-order valence-corrected chi connectivity index (χ4v) is 4.53. The molecule has 0 saturated heterocycles. The highest BCUT2D eigenvalue weighted by Crippen LogP contribution is 2.32. The fourth-order valence-electron chi connectivity index (χ4n) is 3.50. The number of halogens is 3.